The third-order valence-corrected chi connectivity index (χ3v) is 3.90. The zero-order valence-electron chi connectivity index (χ0n) is 10.9. The Morgan fingerprint density at radius 3 is 3.00 bits per heavy atom. The molecular weight excluding hydrogens is 236 g/mol. The molecule has 3 heterocycles. The van der Waals surface area contributed by atoms with Crippen LogP contribution < -0.4 is 5.32 Å². The summed E-state index contributed by atoms with van der Waals surface area (Å²) in [7, 11) is 2.09. The maximum atomic E-state index is 4.76. The Morgan fingerprint density at radius 2 is 2.16 bits per heavy atom. The predicted molar refractivity (Wildman–Crippen MR) is 75.9 cm³/mol. The van der Waals surface area contributed by atoms with Crippen molar-refractivity contribution in [3.63, 3.8) is 0 Å². The molecule has 0 atom stereocenters. The number of hydrogen-bond acceptors (Lipinski definition) is 2. The minimum atomic E-state index is 0.895. The second kappa shape index (κ2) is 3.96. The van der Waals surface area contributed by atoms with Crippen LogP contribution >= 0.6 is 0 Å². The summed E-state index contributed by atoms with van der Waals surface area (Å²) in [5, 5.41) is 4.63. The zero-order chi connectivity index (χ0) is 12.8. The van der Waals surface area contributed by atoms with Crippen LogP contribution in [0.5, 0.6) is 0 Å². The Hall–Kier alpha value is -2.07. The lowest BCUT2D eigenvalue weighted by molar-refractivity contribution is 0.627. The molecule has 0 spiro atoms. The fourth-order valence-corrected chi connectivity index (χ4v) is 2.86. The number of rotatable bonds is 1. The molecule has 3 aromatic rings. The summed E-state index contributed by atoms with van der Waals surface area (Å²) in [5.74, 6) is 0.979. The number of H-pyrrole nitrogens is 1. The second-order valence-electron chi connectivity index (χ2n) is 5.08. The summed E-state index contributed by atoms with van der Waals surface area (Å²) in [5.41, 5.74) is 4.83. The molecule has 0 fully saturated rings. The van der Waals surface area contributed by atoms with E-state index in [2.05, 4.69) is 52.2 Å². The van der Waals surface area contributed by atoms with Crippen LogP contribution in [0.4, 0.5) is 0 Å². The van der Waals surface area contributed by atoms with Crippen LogP contribution in [0.25, 0.3) is 22.4 Å². The SMILES string of the molecule is Cn1c(-c2nc3c([nH]2)CNCC3)cc2ccccc21. The van der Waals surface area contributed by atoms with Crippen molar-refractivity contribution >= 4 is 10.9 Å². The molecular formula is C15H16N4. The standard InChI is InChI=1S/C15H16N4/c1-19-13-5-3-2-4-10(13)8-14(19)15-17-11-6-7-16-9-12(11)18-15/h2-5,8,16H,6-7,9H2,1H3,(H,17,18). The number of imidazole rings is 1. The van der Waals surface area contributed by atoms with Crippen LogP contribution in [0, 0.1) is 0 Å². The van der Waals surface area contributed by atoms with Gasteiger partial charge in [0.05, 0.1) is 17.1 Å². The van der Waals surface area contributed by atoms with Crippen molar-refractivity contribution in [3.05, 3.63) is 41.7 Å². The van der Waals surface area contributed by atoms with Crippen LogP contribution in [0.1, 0.15) is 11.4 Å². The molecule has 19 heavy (non-hydrogen) atoms. The van der Waals surface area contributed by atoms with Gasteiger partial charge in [0.2, 0.25) is 0 Å². The number of para-hydroxylation sites is 1. The number of benzene rings is 1. The first-order valence-electron chi connectivity index (χ1n) is 6.66. The molecule has 2 aromatic heterocycles. The van der Waals surface area contributed by atoms with Gasteiger partial charge in [-0.25, -0.2) is 4.98 Å². The molecule has 1 aliphatic heterocycles. The van der Waals surface area contributed by atoms with E-state index < -0.39 is 0 Å². The maximum Gasteiger partial charge on any atom is 0.154 e. The van der Waals surface area contributed by atoms with Crippen molar-refractivity contribution in [2.24, 2.45) is 7.05 Å². The molecule has 0 radical (unpaired) electrons. The van der Waals surface area contributed by atoms with E-state index in [-0.39, 0.29) is 0 Å². The average Bonchev–Trinajstić information content (AvgIpc) is 3.00. The number of aryl methyl sites for hydroxylation is 1. The molecule has 0 unspecified atom stereocenters. The van der Waals surface area contributed by atoms with Gasteiger partial charge in [-0.15, -0.1) is 0 Å². The first-order valence-corrected chi connectivity index (χ1v) is 6.66. The molecule has 2 N–H and O–H groups in total. The third kappa shape index (κ3) is 1.60. The van der Waals surface area contributed by atoms with Gasteiger partial charge < -0.3 is 14.9 Å². The number of aromatic nitrogens is 3. The van der Waals surface area contributed by atoms with Gasteiger partial charge in [-0.1, -0.05) is 18.2 Å². The van der Waals surface area contributed by atoms with Crippen molar-refractivity contribution in [1.82, 2.24) is 19.9 Å². The molecule has 0 bridgehead atoms. The van der Waals surface area contributed by atoms with E-state index >= 15 is 0 Å². The summed E-state index contributed by atoms with van der Waals surface area (Å²) < 4.78 is 2.20. The lowest BCUT2D eigenvalue weighted by atomic mass is 10.2. The van der Waals surface area contributed by atoms with Gasteiger partial charge in [0.25, 0.3) is 0 Å². The Labute approximate surface area is 111 Å². The Kier molecular flexibility index (Phi) is 2.26. The quantitative estimate of drug-likeness (QED) is 0.697. The molecule has 1 aromatic carbocycles. The van der Waals surface area contributed by atoms with E-state index in [0.29, 0.717) is 0 Å². The molecule has 0 saturated carbocycles. The van der Waals surface area contributed by atoms with Crippen molar-refractivity contribution in [1.29, 1.82) is 0 Å². The fraction of sp³-hybridized carbons (Fsp3) is 0.267. The number of nitrogens with zero attached hydrogens (tertiary/aromatic N) is 2. The van der Waals surface area contributed by atoms with Crippen LogP contribution in [0.3, 0.4) is 0 Å². The van der Waals surface area contributed by atoms with Crippen LogP contribution in [0.15, 0.2) is 30.3 Å². The van der Waals surface area contributed by atoms with E-state index in [9.17, 15) is 0 Å². The molecule has 1 aliphatic rings. The Bertz CT molecular complexity index is 727. The molecule has 96 valence electrons. The van der Waals surface area contributed by atoms with Crippen LogP contribution in [-0.4, -0.2) is 21.1 Å². The summed E-state index contributed by atoms with van der Waals surface area (Å²) in [6.45, 7) is 1.92. The molecule has 0 saturated heterocycles. The predicted octanol–water partition coefficient (Wildman–Crippen LogP) is 2.21. The summed E-state index contributed by atoms with van der Waals surface area (Å²) in [4.78, 5) is 8.22. The number of aromatic amines is 1. The van der Waals surface area contributed by atoms with Gasteiger partial charge in [0.1, 0.15) is 0 Å². The highest BCUT2D eigenvalue weighted by Gasteiger charge is 2.17. The summed E-state index contributed by atoms with van der Waals surface area (Å²) in [6.07, 6.45) is 1.01. The first-order chi connectivity index (χ1) is 9.33. The monoisotopic (exact) mass is 252 g/mol. The average molecular weight is 252 g/mol. The molecule has 0 aliphatic carbocycles. The van der Waals surface area contributed by atoms with Crippen molar-refractivity contribution in [2.75, 3.05) is 6.54 Å². The fourth-order valence-electron chi connectivity index (χ4n) is 2.86. The largest absolute Gasteiger partial charge is 0.341 e. The van der Waals surface area contributed by atoms with E-state index in [0.717, 1.165) is 31.0 Å². The summed E-state index contributed by atoms with van der Waals surface area (Å²) in [6, 6.07) is 10.6. The smallest absolute Gasteiger partial charge is 0.154 e. The van der Waals surface area contributed by atoms with Gasteiger partial charge in [-0.05, 0) is 12.1 Å². The minimum Gasteiger partial charge on any atom is -0.341 e. The van der Waals surface area contributed by atoms with Gasteiger partial charge in [0, 0.05) is 37.5 Å². The van der Waals surface area contributed by atoms with E-state index in [4.69, 9.17) is 4.98 Å². The molecule has 4 heteroatoms. The topological polar surface area (TPSA) is 45.6 Å². The normalized spacial score (nSPS) is 14.8. The van der Waals surface area contributed by atoms with Gasteiger partial charge in [-0.3, -0.25) is 0 Å². The van der Waals surface area contributed by atoms with Crippen molar-refractivity contribution in [3.8, 4) is 11.5 Å². The van der Waals surface area contributed by atoms with E-state index in [1.54, 1.807) is 0 Å². The third-order valence-electron chi connectivity index (χ3n) is 3.90. The Morgan fingerprint density at radius 1 is 1.26 bits per heavy atom. The number of hydrogen-bond donors (Lipinski definition) is 2. The zero-order valence-corrected chi connectivity index (χ0v) is 10.9. The lowest BCUT2D eigenvalue weighted by Gasteiger charge is -2.09. The highest BCUT2D eigenvalue weighted by atomic mass is 15.1. The van der Waals surface area contributed by atoms with E-state index in [1.165, 1.54) is 22.3 Å². The molecule has 4 rings (SSSR count). The van der Waals surface area contributed by atoms with Crippen LogP contribution in [-0.2, 0) is 20.0 Å². The van der Waals surface area contributed by atoms with Gasteiger partial charge in [0.15, 0.2) is 5.82 Å². The maximum absolute atomic E-state index is 4.76. The molecule has 4 nitrogen and oxygen atoms in total. The Balaban J connectivity index is 1.90. The number of fused-ring (bicyclic) bond motifs is 2. The minimum absolute atomic E-state index is 0.895. The molecule has 0 amide bonds. The van der Waals surface area contributed by atoms with Crippen molar-refractivity contribution in [2.45, 2.75) is 13.0 Å². The van der Waals surface area contributed by atoms with Gasteiger partial charge in [-0.2, -0.15) is 0 Å². The van der Waals surface area contributed by atoms with Crippen LogP contribution in [0.2, 0.25) is 0 Å². The van der Waals surface area contributed by atoms with Crippen molar-refractivity contribution < 1.29 is 0 Å². The van der Waals surface area contributed by atoms with E-state index in [1.807, 2.05) is 0 Å². The first kappa shape index (κ1) is 10.8. The van der Waals surface area contributed by atoms with Gasteiger partial charge >= 0.3 is 0 Å². The highest BCUT2D eigenvalue weighted by Crippen LogP contribution is 2.26. The second-order valence-corrected chi connectivity index (χ2v) is 5.08. The highest BCUT2D eigenvalue weighted by molar-refractivity contribution is 5.85. The lowest BCUT2D eigenvalue weighted by Crippen LogP contribution is -2.23. The number of nitrogens with one attached hydrogen (secondary N) is 2. The summed E-state index contributed by atoms with van der Waals surface area (Å²) >= 11 is 0.